The van der Waals surface area contributed by atoms with Gasteiger partial charge in [-0.3, -0.25) is 4.79 Å². The first-order chi connectivity index (χ1) is 14.0. The summed E-state index contributed by atoms with van der Waals surface area (Å²) >= 11 is 0. The summed E-state index contributed by atoms with van der Waals surface area (Å²) in [6.45, 7) is -0.778. The van der Waals surface area contributed by atoms with Crippen molar-refractivity contribution >= 4 is 5.91 Å². The second-order valence-corrected chi connectivity index (χ2v) is 5.85. The highest BCUT2D eigenvalue weighted by molar-refractivity contribution is 5.88. The van der Waals surface area contributed by atoms with Crippen molar-refractivity contribution in [2.24, 2.45) is 5.73 Å². The zero-order valence-corrected chi connectivity index (χ0v) is 15.4. The summed E-state index contributed by atoms with van der Waals surface area (Å²) in [5, 5.41) is 0. The molecular formula is C19H17F2N5O3. The number of hydrogen-bond donors (Lipinski definition) is 1. The molecular weight excluding hydrogens is 384 g/mol. The van der Waals surface area contributed by atoms with E-state index in [1.807, 2.05) is 13.0 Å². The average molecular weight is 401 g/mol. The number of nitrogens with zero attached hydrogens (tertiary/aromatic N) is 4. The van der Waals surface area contributed by atoms with Gasteiger partial charge in [0.15, 0.2) is 0 Å². The third-order valence-corrected chi connectivity index (χ3v) is 3.78. The van der Waals surface area contributed by atoms with Gasteiger partial charge in [0, 0.05) is 42.8 Å². The summed E-state index contributed by atoms with van der Waals surface area (Å²) in [7, 11) is 0. The summed E-state index contributed by atoms with van der Waals surface area (Å²) < 4.78 is 34.9. The molecule has 0 spiro atoms. The van der Waals surface area contributed by atoms with Gasteiger partial charge in [-0.25, -0.2) is 19.9 Å². The molecule has 0 radical (unpaired) electrons. The van der Waals surface area contributed by atoms with Gasteiger partial charge in [0.1, 0.15) is 0 Å². The zero-order chi connectivity index (χ0) is 20.8. The minimum atomic E-state index is -2.98. The number of primary amides is 1. The number of aromatic nitrogens is 4. The van der Waals surface area contributed by atoms with Crippen LogP contribution in [0.15, 0.2) is 43.0 Å². The Bertz CT molecular complexity index is 999. The van der Waals surface area contributed by atoms with Crippen LogP contribution in [0.25, 0.3) is 11.1 Å². The Morgan fingerprint density at radius 3 is 2.48 bits per heavy atom. The zero-order valence-electron chi connectivity index (χ0n) is 15.4. The molecule has 0 bridgehead atoms. The second kappa shape index (κ2) is 9.00. The number of carbonyl (C=O) groups is 1. The van der Waals surface area contributed by atoms with Crippen molar-refractivity contribution in [3.63, 3.8) is 0 Å². The summed E-state index contributed by atoms with van der Waals surface area (Å²) in [6, 6.07) is 4.86. The molecule has 2 N–H and O–H groups in total. The van der Waals surface area contributed by atoms with E-state index in [-0.39, 0.29) is 11.7 Å². The lowest BCUT2D eigenvalue weighted by Crippen LogP contribution is -2.15. The summed E-state index contributed by atoms with van der Waals surface area (Å²) in [5.41, 5.74) is 7.84. The average Bonchev–Trinajstić information content (AvgIpc) is 2.69. The van der Waals surface area contributed by atoms with Crippen LogP contribution in [0, 0.1) is 0 Å². The molecule has 0 aromatic carbocycles. The van der Waals surface area contributed by atoms with Crippen LogP contribution in [0.4, 0.5) is 8.78 Å². The maximum atomic E-state index is 12.5. The molecule has 10 heteroatoms. The molecule has 0 aliphatic heterocycles. The fourth-order valence-corrected chi connectivity index (χ4v) is 2.59. The SMILES string of the molecule is CCOc1ncc(Cc2cnc(C(N)=O)nc2)cc1-c1ccnc(OC(F)F)c1. The standard InChI is InChI=1S/C19H17F2N5O3/c1-2-28-18-14(13-3-4-23-15(7-13)29-19(20)21)6-11(8-26-18)5-12-9-24-17(16(22)27)25-10-12/h3-4,6-10,19H,2,5H2,1H3,(H2,22,27). The summed E-state index contributed by atoms with van der Waals surface area (Å²) in [5.74, 6) is -0.629. The van der Waals surface area contributed by atoms with E-state index < -0.39 is 12.5 Å². The van der Waals surface area contributed by atoms with Crippen molar-refractivity contribution in [3.05, 3.63) is 59.9 Å². The lowest BCUT2D eigenvalue weighted by molar-refractivity contribution is -0.0528. The molecule has 3 rings (SSSR count). The first-order valence-corrected chi connectivity index (χ1v) is 8.60. The maximum Gasteiger partial charge on any atom is 0.388 e. The highest BCUT2D eigenvalue weighted by atomic mass is 19.3. The first-order valence-electron chi connectivity index (χ1n) is 8.60. The van der Waals surface area contributed by atoms with Crippen LogP contribution in [-0.2, 0) is 6.42 Å². The number of halogens is 2. The van der Waals surface area contributed by atoms with E-state index in [1.165, 1.54) is 24.7 Å². The molecule has 3 aromatic rings. The van der Waals surface area contributed by atoms with Crippen LogP contribution in [0.2, 0.25) is 0 Å². The predicted molar refractivity (Wildman–Crippen MR) is 98.6 cm³/mol. The van der Waals surface area contributed by atoms with Crippen LogP contribution in [-0.4, -0.2) is 39.1 Å². The highest BCUT2D eigenvalue weighted by Crippen LogP contribution is 2.31. The topological polar surface area (TPSA) is 113 Å². The quantitative estimate of drug-likeness (QED) is 0.617. The van der Waals surface area contributed by atoms with Crippen molar-refractivity contribution in [2.45, 2.75) is 20.0 Å². The Hall–Kier alpha value is -3.69. The van der Waals surface area contributed by atoms with Gasteiger partial charge in [-0.2, -0.15) is 8.78 Å². The van der Waals surface area contributed by atoms with Crippen molar-refractivity contribution in [3.8, 4) is 22.9 Å². The predicted octanol–water partition coefficient (Wildman–Crippen LogP) is 2.62. The van der Waals surface area contributed by atoms with Gasteiger partial charge in [0.25, 0.3) is 5.91 Å². The van der Waals surface area contributed by atoms with Gasteiger partial charge in [-0.05, 0) is 35.7 Å². The molecule has 0 fully saturated rings. The van der Waals surface area contributed by atoms with E-state index in [4.69, 9.17) is 10.5 Å². The minimum absolute atomic E-state index is 0.0670. The number of carbonyl (C=O) groups excluding carboxylic acids is 1. The molecule has 8 nitrogen and oxygen atoms in total. The van der Waals surface area contributed by atoms with Gasteiger partial charge < -0.3 is 15.2 Å². The Balaban J connectivity index is 1.92. The van der Waals surface area contributed by atoms with E-state index in [1.54, 1.807) is 12.3 Å². The lowest BCUT2D eigenvalue weighted by atomic mass is 10.0. The number of alkyl halides is 2. The lowest BCUT2D eigenvalue weighted by Gasteiger charge is -2.12. The van der Waals surface area contributed by atoms with Gasteiger partial charge in [-0.1, -0.05) is 0 Å². The van der Waals surface area contributed by atoms with Crippen molar-refractivity contribution < 1.29 is 23.0 Å². The van der Waals surface area contributed by atoms with Crippen LogP contribution < -0.4 is 15.2 Å². The van der Waals surface area contributed by atoms with Gasteiger partial charge in [-0.15, -0.1) is 0 Å². The number of amides is 1. The Labute approximate surface area is 164 Å². The summed E-state index contributed by atoms with van der Waals surface area (Å²) in [6.07, 6.45) is 6.44. The van der Waals surface area contributed by atoms with Crippen molar-refractivity contribution in [2.75, 3.05) is 6.61 Å². The highest BCUT2D eigenvalue weighted by Gasteiger charge is 2.13. The summed E-state index contributed by atoms with van der Waals surface area (Å²) in [4.78, 5) is 27.0. The van der Waals surface area contributed by atoms with E-state index >= 15 is 0 Å². The maximum absolute atomic E-state index is 12.5. The molecule has 0 atom stereocenters. The van der Waals surface area contributed by atoms with Crippen LogP contribution >= 0.6 is 0 Å². The Morgan fingerprint density at radius 2 is 1.83 bits per heavy atom. The monoisotopic (exact) mass is 401 g/mol. The molecule has 150 valence electrons. The third-order valence-electron chi connectivity index (χ3n) is 3.78. The first kappa shape index (κ1) is 20.1. The molecule has 29 heavy (non-hydrogen) atoms. The number of ether oxygens (including phenoxy) is 2. The molecule has 0 unspecified atom stereocenters. The fraction of sp³-hybridized carbons (Fsp3) is 0.211. The smallest absolute Gasteiger partial charge is 0.388 e. The molecule has 3 aromatic heterocycles. The molecule has 0 saturated carbocycles. The normalized spacial score (nSPS) is 10.8. The number of nitrogens with two attached hydrogens (primary N) is 1. The number of hydrogen-bond acceptors (Lipinski definition) is 7. The van der Waals surface area contributed by atoms with Crippen LogP contribution in [0.3, 0.4) is 0 Å². The van der Waals surface area contributed by atoms with E-state index in [0.29, 0.717) is 30.0 Å². The largest absolute Gasteiger partial charge is 0.478 e. The minimum Gasteiger partial charge on any atom is -0.478 e. The van der Waals surface area contributed by atoms with Crippen molar-refractivity contribution in [1.29, 1.82) is 0 Å². The number of rotatable bonds is 8. The second-order valence-electron chi connectivity index (χ2n) is 5.85. The van der Waals surface area contributed by atoms with Crippen molar-refractivity contribution in [1.82, 2.24) is 19.9 Å². The molecule has 0 saturated heterocycles. The fourth-order valence-electron chi connectivity index (χ4n) is 2.59. The number of pyridine rings is 2. The van der Waals surface area contributed by atoms with Gasteiger partial charge in [0.05, 0.1) is 6.61 Å². The van der Waals surface area contributed by atoms with E-state index in [2.05, 4.69) is 24.7 Å². The Morgan fingerprint density at radius 1 is 1.10 bits per heavy atom. The van der Waals surface area contributed by atoms with Gasteiger partial charge in [0.2, 0.25) is 17.6 Å². The van der Waals surface area contributed by atoms with Gasteiger partial charge >= 0.3 is 6.61 Å². The Kier molecular flexibility index (Phi) is 6.22. The molecule has 3 heterocycles. The molecule has 1 amide bonds. The third kappa shape index (κ3) is 5.18. The van der Waals surface area contributed by atoms with E-state index in [9.17, 15) is 13.6 Å². The molecule has 0 aliphatic carbocycles. The van der Waals surface area contributed by atoms with E-state index in [0.717, 1.165) is 11.1 Å². The van der Waals surface area contributed by atoms with Crippen LogP contribution in [0.1, 0.15) is 28.7 Å². The molecule has 0 aliphatic rings. The van der Waals surface area contributed by atoms with Crippen LogP contribution in [0.5, 0.6) is 11.8 Å².